The van der Waals surface area contributed by atoms with Gasteiger partial charge in [0.1, 0.15) is 23.4 Å². The Morgan fingerprint density at radius 1 is 1.11 bits per heavy atom. The predicted octanol–water partition coefficient (Wildman–Crippen LogP) is 3.59. The SMILES string of the molecule is C=CCN(C(=O)C(CS)NC(=O)OC(C)(C)C)C(C(=O)NCc1ccccc1)c1ccccc1O. The quantitative estimate of drug-likeness (QED) is 0.295. The van der Waals surface area contributed by atoms with E-state index in [1.807, 2.05) is 30.3 Å². The van der Waals surface area contributed by atoms with Crippen molar-refractivity contribution in [2.75, 3.05) is 12.3 Å². The molecule has 2 rings (SSSR count). The maximum absolute atomic E-state index is 13.6. The number of phenols is 1. The third-order valence-electron chi connectivity index (χ3n) is 4.88. The summed E-state index contributed by atoms with van der Waals surface area (Å²) in [6.45, 7) is 9.04. The van der Waals surface area contributed by atoms with Crippen LogP contribution in [0.25, 0.3) is 0 Å². The summed E-state index contributed by atoms with van der Waals surface area (Å²) in [5.41, 5.74) is 0.354. The van der Waals surface area contributed by atoms with Gasteiger partial charge in [0.05, 0.1) is 0 Å². The summed E-state index contributed by atoms with van der Waals surface area (Å²) >= 11 is 4.23. The molecule has 0 aliphatic rings. The number of para-hydroxylation sites is 1. The fourth-order valence-electron chi connectivity index (χ4n) is 3.35. The number of nitrogens with zero attached hydrogens (tertiary/aromatic N) is 1. The summed E-state index contributed by atoms with van der Waals surface area (Å²) in [6.07, 6.45) is 0.689. The van der Waals surface area contributed by atoms with Crippen molar-refractivity contribution in [2.45, 2.75) is 45.0 Å². The molecule has 3 amide bonds. The van der Waals surface area contributed by atoms with E-state index < -0.39 is 35.6 Å². The Morgan fingerprint density at radius 3 is 2.31 bits per heavy atom. The number of alkyl carbamates (subject to hydrolysis) is 1. The average molecular weight is 500 g/mol. The monoisotopic (exact) mass is 499 g/mol. The van der Waals surface area contributed by atoms with Crippen molar-refractivity contribution in [2.24, 2.45) is 0 Å². The summed E-state index contributed by atoms with van der Waals surface area (Å²) in [5, 5.41) is 15.9. The molecule has 3 N–H and O–H groups in total. The number of hydrogen-bond donors (Lipinski definition) is 4. The van der Waals surface area contributed by atoms with E-state index in [2.05, 4.69) is 29.8 Å². The van der Waals surface area contributed by atoms with E-state index in [-0.39, 0.29) is 30.2 Å². The molecule has 2 atom stereocenters. The van der Waals surface area contributed by atoms with Crippen molar-refractivity contribution >= 4 is 30.5 Å². The Kier molecular flexibility index (Phi) is 10.2. The van der Waals surface area contributed by atoms with Crippen LogP contribution in [0.3, 0.4) is 0 Å². The van der Waals surface area contributed by atoms with Gasteiger partial charge in [0.2, 0.25) is 11.8 Å². The van der Waals surface area contributed by atoms with Crippen molar-refractivity contribution in [3.05, 3.63) is 78.4 Å². The number of rotatable bonds is 10. The summed E-state index contributed by atoms with van der Waals surface area (Å²) in [5.74, 6) is -1.25. The van der Waals surface area contributed by atoms with Crippen molar-refractivity contribution in [3.8, 4) is 5.75 Å². The highest BCUT2D eigenvalue weighted by Crippen LogP contribution is 2.30. The van der Waals surface area contributed by atoms with Crippen LogP contribution >= 0.6 is 12.6 Å². The van der Waals surface area contributed by atoms with Gasteiger partial charge in [-0.2, -0.15) is 12.6 Å². The fourth-order valence-corrected chi connectivity index (χ4v) is 3.60. The predicted molar refractivity (Wildman–Crippen MR) is 138 cm³/mol. The minimum atomic E-state index is -1.19. The van der Waals surface area contributed by atoms with Crippen LogP contribution in [0.2, 0.25) is 0 Å². The highest BCUT2D eigenvalue weighted by Gasteiger charge is 2.36. The summed E-state index contributed by atoms with van der Waals surface area (Å²) in [6, 6.07) is 13.3. The summed E-state index contributed by atoms with van der Waals surface area (Å²) < 4.78 is 5.26. The molecule has 188 valence electrons. The third kappa shape index (κ3) is 8.36. The Morgan fingerprint density at radius 2 is 1.74 bits per heavy atom. The molecule has 0 spiro atoms. The molecule has 0 radical (unpaired) electrons. The average Bonchev–Trinajstić information content (AvgIpc) is 2.81. The number of nitrogens with one attached hydrogen (secondary N) is 2. The molecule has 8 nitrogen and oxygen atoms in total. The second-order valence-electron chi connectivity index (χ2n) is 8.83. The largest absolute Gasteiger partial charge is 0.508 e. The number of phenolic OH excluding ortho intramolecular Hbond substituents is 1. The van der Waals surface area contributed by atoms with Crippen LogP contribution in [0.5, 0.6) is 5.75 Å². The normalized spacial score (nSPS) is 12.7. The van der Waals surface area contributed by atoms with Crippen LogP contribution in [0.15, 0.2) is 67.3 Å². The molecule has 35 heavy (non-hydrogen) atoms. The van der Waals surface area contributed by atoms with Crippen LogP contribution in [-0.2, 0) is 20.9 Å². The van der Waals surface area contributed by atoms with Gasteiger partial charge in [0.15, 0.2) is 0 Å². The molecule has 0 saturated carbocycles. The lowest BCUT2D eigenvalue weighted by atomic mass is 10.0. The zero-order chi connectivity index (χ0) is 26.0. The molecule has 0 bridgehead atoms. The first kappa shape index (κ1) is 27.8. The number of hydrogen-bond acceptors (Lipinski definition) is 6. The van der Waals surface area contributed by atoms with Gasteiger partial charge in [-0.25, -0.2) is 4.79 Å². The molecule has 2 aromatic carbocycles. The summed E-state index contributed by atoms with van der Waals surface area (Å²) in [7, 11) is 0. The molecule has 2 unspecified atom stereocenters. The van der Waals surface area contributed by atoms with E-state index in [1.54, 1.807) is 39.0 Å². The Hall–Kier alpha value is -3.46. The van der Waals surface area contributed by atoms with Crippen molar-refractivity contribution in [1.29, 1.82) is 0 Å². The lowest BCUT2D eigenvalue weighted by molar-refractivity contribution is -0.141. The number of carbonyl (C=O) groups is 3. The van der Waals surface area contributed by atoms with E-state index in [9.17, 15) is 19.5 Å². The first-order chi connectivity index (χ1) is 16.6. The van der Waals surface area contributed by atoms with Gasteiger partial charge in [-0.15, -0.1) is 6.58 Å². The second-order valence-corrected chi connectivity index (χ2v) is 9.19. The number of benzene rings is 2. The van der Waals surface area contributed by atoms with Gasteiger partial charge in [-0.1, -0.05) is 54.6 Å². The van der Waals surface area contributed by atoms with Gasteiger partial charge >= 0.3 is 6.09 Å². The van der Waals surface area contributed by atoms with Crippen molar-refractivity contribution in [3.63, 3.8) is 0 Å². The third-order valence-corrected chi connectivity index (χ3v) is 5.25. The van der Waals surface area contributed by atoms with Gasteiger partial charge in [0.25, 0.3) is 0 Å². The molecule has 0 aliphatic heterocycles. The van der Waals surface area contributed by atoms with Crippen LogP contribution in [-0.4, -0.2) is 51.9 Å². The molecule has 0 aliphatic carbocycles. The maximum Gasteiger partial charge on any atom is 0.408 e. The first-order valence-corrected chi connectivity index (χ1v) is 11.8. The first-order valence-electron chi connectivity index (χ1n) is 11.2. The van der Waals surface area contributed by atoms with Gasteiger partial charge in [0, 0.05) is 24.4 Å². The lowest BCUT2D eigenvalue weighted by Crippen LogP contribution is -2.53. The van der Waals surface area contributed by atoms with Gasteiger partial charge in [-0.05, 0) is 32.4 Å². The van der Waals surface area contributed by atoms with Crippen LogP contribution in [0.4, 0.5) is 4.79 Å². The highest BCUT2D eigenvalue weighted by atomic mass is 32.1. The zero-order valence-corrected chi connectivity index (χ0v) is 21.1. The molecular formula is C26H33N3O5S. The number of thiol groups is 1. The van der Waals surface area contributed by atoms with E-state index in [4.69, 9.17) is 4.74 Å². The van der Waals surface area contributed by atoms with Crippen molar-refractivity contribution in [1.82, 2.24) is 15.5 Å². The molecular weight excluding hydrogens is 466 g/mol. The van der Waals surface area contributed by atoms with E-state index in [1.165, 1.54) is 17.0 Å². The topological polar surface area (TPSA) is 108 Å². The van der Waals surface area contributed by atoms with E-state index in [0.29, 0.717) is 0 Å². The second kappa shape index (κ2) is 12.9. The zero-order valence-electron chi connectivity index (χ0n) is 20.2. The number of aromatic hydroxyl groups is 1. The Labute approximate surface area is 211 Å². The smallest absolute Gasteiger partial charge is 0.408 e. The van der Waals surface area contributed by atoms with Gasteiger partial charge < -0.3 is 25.4 Å². The number of amides is 3. The van der Waals surface area contributed by atoms with E-state index >= 15 is 0 Å². The molecule has 0 aromatic heterocycles. The Balaban J connectivity index is 2.37. The molecule has 2 aromatic rings. The Bertz CT molecular complexity index is 1020. The minimum Gasteiger partial charge on any atom is -0.508 e. The number of carbonyl (C=O) groups excluding carboxylic acids is 3. The maximum atomic E-state index is 13.6. The molecule has 0 heterocycles. The van der Waals surface area contributed by atoms with Crippen LogP contribution < -0.4 is 10.6 Å². The molecule has 0 fully saturated rings. The summed E-state index contributed by atoms with van der Waals surface area (Å²) in [4.78, 5) is 40.6. The van der Waals surface area contributed by atoms with Crippen LogP contribution in [0, 0.1) is 0 Å². The van der Waals surface area contributed by atoms with Gasteiger partial charge in [-0.3, -0.25) is 9.59 Å². The molecule has 9 heteroatoms. The number of ether oxygens (including phenoxy) is 1. The van der Waals surface area contributed by atoms with E-state index in [0.717, 1.165) is 5.56 Å². The lowest BCUT2D eigenvalue weighted by Gasteiger charge is -2.33. The molecule has 0 saturated heterocycles. The fraction of sp³-hybridized carbons (Fsp3) is 0.346. The van der Waals surface area contributed by atoms with Crippen LogP contribution in [0.1, 0.15) is 37.9 Å². The van der Waals surface area contributed by atoms with Crippen molar-refractivity contribution < 1.29 is 24.2 Å². The standard InChI is InChI=1S/C26H33N3O5S/c1-5-15-29(24(32)20(17-35)28-25(33)34-26(2,3)4)22(19-13-9-10-14-21(19)30)23(31)27-16-18-11-7-6-8-12-18/h5-14,20,22,30,35H,1,15-17H2,2-4H3,(H,27,31)(H,28,33). The highest BCUT2D eigenvalue weighted by molar-refractivity contribution is 7.80. The minimum absolute atomic E-state index is 0.0170.